The first-order valence-corrected chi connectivity index (χ1v) is 6.99. The van der Waals surface area contributed by atoms with Gasteiger partial charge in [0.15, 0.2) is 0 Å². The van der Waals surface area contributed by atoms with Crippen molar-refractivity contribution >= 4 is 29.0 Å². The minimum absolute atomic E-state index is 0.0652. The maximum atomic E-state index is 11.4. The SMILES string of the molecule is Nc1cc2c(cc1Sc1ccccc1)CCC(=O)N2. The second-order valence-corrected chi connectivity index (χ2v) is 5.63. The predicted octanol–water partition coefficient (Wildman–Crippen LogP) is 3.30. The maximum Gasteiger partial charge on any atom is 0.224 e. The van der Waals surface area contributed by atoms with Crippen molar-refractivity contribution in [2.45, 2.75) is 22.6 Å². The van der Waals surface area contributed by atoms with Gasteiger partial charge in [-0.1, -0.05) is 30.0 Å². The Bertz CT molecular complexity index is 626. The minimum atomic E-state index is 0.0652. The summed E-state index contributed by atoms with van der Waals surface area (Å²) in [6, 6.07) is 14.1. The summed E-state index contributed by atoms with van der Waals surface area (Å²) in [4.78, 5) is 13.6. The third-order valence-corrected chi connectivity index (χ3v) is 4.18. The average molecular weight is 270 g/mol. The summed E-state index contributed by atoms with van der Waals surface area (Å²) in [6.07, 6.45) is 1.33. The molecule has 1 heterocycles. The van der Waals surface area contributed by atoms with E-state index in [2.05, 4.69) is 23.5 Å². The quantitative estimate of drug-likeness (QED) is 0.823. The molecule has 1 aliphatic rings. The highest BCUT2D eigenvalue weighted by Gasteiger charge is 2.16. The van der Waals surface area contributed by atoms with Crippen LogP contribution >= 0.6 is 11.8 Å². The fourth-order valence-corrected chi connectivity index (χ4v) is 3.05. The number of amides is 1. The van der Waals surface area contributed by atoms with Crippen molar-refractivity contribution in [3.05, 3.63) is 48.0 Å². The Balaban J connectivity index is 1.93. The van der Waals surface area contributed by atoms with Crippen molar-refractivity contribution < 1.29 is 4.79 Å². The molecule has 19 heavy (non-hydrogen) atoms. The molecule has 2 aromatic carbocycles. The van der Waals surface area contributed by atoms with E-state index in [0.717, 1.165) is 27.5 Å². The monoisotopic (exact) mass is 270 g/mol. The molecular formula is C15H14N2OS. The van der Waals surface area contributed by atoms with E-state index in [1.165, 1.54) is 0 Å². The Morgan fingerprint density at radius 3 is 2.68 bits per heavy atom. The van der Waals surface area contributed by atoms with Crippen molar-refractivity contribution in [2.75, 3.05) is 11.1 Å². The van der Waals surface area contributed by atoms with Gasteiger partial charge in [0.2, 0.25) is 5.91 Å². The van der Waals surface area contributed by atoms with Gasteiger partial charge in [-0.15, -0.1) is 0 Å². The average Bonchev–Trinajstić information content (AvgIpc) is 2.41. The lowest BCUT2D eigenvalue weighted by Crippen LogP contribution is -2.19. The van der Waals surface area contributed by atoms with E-state index in [0.29, 0.717) is 12.1 Å². The minimum Gasteiger partial charge on any atom is -0.398 e. The summed E-state index contributed by atoms with van der Waals surface area (Å²) in [5.74, 6) is 0.0652. The van der Waals surface area contributed by atoms with E-state index in [-0.39, 0.29) is 5.91 Å². The third kappa shape index (κ3) is 2.58. The van der Waals surface area contributed by atoms with Crippen molar-refractivity contribution in [1.29, 1.82) is 0 Å². The number of carbonyl (C=O) groups is 1. The Morgan fingerprint density at radius 1 is 1.11 bits per heavy atom. The molecule has 0 fully saturated rings. The van der Waals surface area contributed by atoms with Gasteiger partial charge in [0.25, 0.3) is 0 Å². The number of hydrogen-bond donors (Lipinski definition) is 2. The first-order chi connectivity index (χ1) is 9.22. The molecular weight excluding hydrogens is 256 g/mol. The van der Waals surface area contributed by atoms with Crippen LogP contribution in [0.3, 0.4) is 0 Å². The summed E-state index contributed by atoms with van der Waals surface area (Å²) < 4.78 is 0. The lowest BCUT2D eigenvalue weighted by molar-refractivity contribution is -0.116. The van der Waals surface area contributed by atoms with Gasteiger partial charge in [-0.05, 0) is 36.2 Å². The fraction of sp³-hybridized carbons (Fsp3) is 0.133. The van der Waals surface area contributed by atoms with E-state index in [1.807, 2.05) is 24.3 Å². The number of hydrogen-bond acceptors (Lipinski definition) is 3. The van der Waals surface area contributed by atoms with Gasteiger partial charge in [-0.2, -0.15) is 0 Å². The molecule has 4 heteroatoms. The molecule has 0 saturated heterocycles. The number of rotatable bonds is 2. The number of aryl methyl sites for hydroxylation is 1. The molecule has 0 bridgehead atoms. The van der Waals surface area contributed by atoms with Crippen molar-refractivity contribution in [3.8, 4) is 0 Å². The number of nitrogens with one attached hydrogen (secondary N) is 1. The van der Waals surface area contributed by atoms with Gasteiger partial charge in [0.05, 0.1) is 0 Å². The van der Waals surface area contributed by atoms with Crippen LogP contribution in [0.2, 0.25) is 0 Å². The molecule has 0 saturated carbocycles. The second kappa shape index (κ2) is 4.97. The van der Waals surface area contributed by atoms with Gasteiger partial charge in [-0.3, -0.25) is 4.79 Å². The van der Waals surface area contributed by atoms with Crippen LogP contribution in [0.25, 0.3) is 0 Å². The molecule has 1 amide bonds. The molecule has 0 aliphatic carbocycles. The highest BCUT2D eigenvalue weighted by Crippen LogP contribution is 2.36. The summed E-state index contributed by atoms with van der Waals surface area (Å²) in [5, 5.41) is 2.86. The molecule has 3 N–H and O–H groups in total. The molecule has 96 valence electrons. The number of benzene rings is 2. The largest absolute Gasteiger partial charge is 0.398 e. The summed E-state index contributed by atoms with van der Waals surface area (Å²) >= 11 is 1.65. The summed E-state index contributed by atoms with van der Waals surface area (Å²) in [5.41, 5.74) is 8.78. The molecule has 2 aromatic rings. The first-order valence-electron chi connectivity index (χ1n) is 6.17. The van der Waals surface area contributed by atoms with Crippen LogP contribution in [-0.4, -0.2) is 5.91 Å². The standard InChI is InChI=1S/C15H14N2OS/c16-12-9-13-10(6-7-15(18)17-13)8-14(12)19-11-4-2-1-3-5-11/h1-5,8-9H,6-7,16H2,(H,17,18). The smallest absolute Gasteiger partial charge is 0.224 e. The first kappa shape index (κ1) is 12.1. The van der Waals surface area contributed by atoms with E-state index < -0.39 is 0 Å². The highest BCUT2D eigenvalue weighted by molar-refractivity contribution is 7.99. The highest BCUT2D eigenvalue weighted by atomic mass is 32.2. The lowest BCUT2D eigenvalue weighted by Gasteiger charge is -2.19. The van der Waals surface area contributed by atoms with Gasteiger partial charge in [-0.25, -0.2) is 0 Å². The zero-order valence-electron chi connectivity index (χ0n) is 10.3. The number of nitrogens with two attached hydrogens (primary N) is 1. The zero-order chi connectivity index (χ0) is 13.2. The molecule has 1 aliphatic heterocycles. The van der Waals surface area contributed by atoms with Crippen molar-refractivity contribution in [1.82, 2.24) is 0 Å². The zero-order valence-corrected chi connectivity index (χ0v) is 11.2. The maximum absolute atomic E-state index is 11.4. The lowest BCUT2D eigenvalue weighted by atomic mass is 10.0. The molecule has 3 nitrogen and oxygen atoms in total. The van der Waals surface area contributed by atoms with Gasteiger partial charge in [0.1, 0.15) is 0 Å². The fourth-order valence-electron chi connectivity index (χ4n) is 2.13. The van der Waals surface area contributed by atoms with E-state index in [1.54, 1.807) is 11.8 Å². The molecule has 0 atom stereocenters. The Morgan fingerprint density at radius 2 is 1.89 bits per heavy atom. The third-order valence-electron chi connectivity index (χ3n) is 3.10. The predicted molar refractivity (Wildman–Crippen MR) is 78.4 cm³/mol. The van der Waals surface area contributed by atoms with Crippen LogP contribution in [0.1, 0.15) is 12.0 Å². The number of anilines is 2. The molecule has 3 rings (SSSR count). The number of fused-ring (bicyclic) bond motifs is 1. The molecule has 0 aromatic heterocycles. The van der Waals surface area contributed by atoms with E-state index in [9.17, 15) is 4.79 Å². The molecule has 0 radical (unpaired) electrons. The van der Waals surface area contributed by atoms with Crippen LogP contribution in [0.15, 0.2) is 52.3 Å². The number of nitrogen functional groups attached to an aromatic ring is 1. The summed E-state index contributed by atoms with van der Waals surface area (Å²) in [7, 11) is 0. The van der Waals surface area contributed by atoms with Crippen LogP contribution in [0.5, 0.6) is 0 Å². The van der Waals surface area contributed by atoms with E-state index >= 15 is 0 Å². The molecule has 0 spiro atoms. The van der Waals surface area contributed by atoms with Crippen LogP contribution in [0, 0.1) is 0 Å². The Hall–Kier alpha value is -1.94. The Kier molecular flexibility index (Phi) is 3.17. The van der Waals surface area contributed by atoms with Crippen molar-refractivity contribution in [3.63, 3.8) is 0 Å². The van der Waals surface area contributed by atoms with Crippen LogP contribution in [0.4, 0.5) is 11.4 Å². The van der Waals surface area contributed by atoms with Crippen LogP contribution < -0.4 is 11.1 Å². The van der Waals surface area contributed by atoms with Gasteiger partial charge < -0.3 is 11.1 Å². The number of carbonyl (C=O) groups excluding carboxylic acids is 1. The normalized spacial score (nSPS) is 13.8. The Labute approximate surface area is 116 Å². The molecule has 0 unspecified atom stereocenters. The van der Waals surface area contributed by atoms with Gasteiger partial charge >= 0.3 is 0 Å². The van der Waals surface area contributed by atoms with E-state index in [4.69, 9.17) is 5.73 Å². The van der Waals surface area contributed by atoms with Gasteiger partial charge in [0, 0.05) is 27.6 Å². The van der Waals surface area contributed by atoms with Crippen LogP contribution in [-0.2, 0) is 11.2 Å². The van der Waals surface area contributed by atoms with Crippen molar-refractivity contribution in [2.24, 2.45) is 0 Å². The second-order valence-electron chi connectivity index (χ2n) is 4.51. The topological polar surface area (TPSA) is 55.1 Å². The summed E-state index contributed by atoms with van der Waals surface area (Å²) in [6.45, 7) is 0.